The standard InChI is InChI=1S/C18H25N3/c1-3-15-12-18(21(2)20-15)17(19)11-14-9-6-8-13-7-4-5-10-16(13)14/h4-5,7,10,12,14,17H,3,6,8-9,11,19H2,1-2H3. The van der Waals surface area contributed by atoms with Crippen LogP contribution in [-0.2, 0) is 19.9 Å². The number of aromatic nitrogens is 2. The first-order valence-corrected chi connectivity index (χ1v) is 8.05. The molecule has 0 aliphatic heterocycles. The zero-order valence-electron chi connectivity index (χ0n) is 13.0. The Balaban J connectivity index is 1.79. The molecule has 1 aliphatic carbocycles. The molecule has 2 aromatic rings. The van der Waals surface area contributed by atoms with Crippen LogP contribution in [0.4, 0.5) is 0 Å². The lowest BCUT2D eigenvalue weighted by molar-refractivity contribution is 0.461. The second-order valence-electron chi connectivity index (χ2n) is 6.17. The van der Waals surface area contributed by atoms with Gasteiger partial charge in [0.1, 0.15) is 0 Å². The Morgan fingerprint density at radius 3 is 2.95 bits per heavy atom. The summed E-state index contributed by atoms with van der Waals surface area (Å²) in [4.78, 5) is 0. The minimum atomic E-state index is 0.0685. The molecule has 0 saturated carbocycles. The molecule has 0 fully saturated rings. The fourth-order valence-corrected chi connectivity index (χ4v) is 3.59. The van der Waals surface area contributed by atoms with Crippen LogP contribution < -0.4 is 5.73 Å². The smallest absolute Gasteiger partial charge is 0.0625 e. The molecule has 3 rings (SSSR count). The van der Waals surface area contributed by atoms with Crippen molar-refractivity contribution in [2.45, 2.75) is 51.0 Å². The van der Waals surface area contributed by atoms with Crippen LogP contribution in [0.25, 0.3) is 0 Å². The van der Waals surface area contributed by atoms with Gasteiger partial charge in [-0.1, -0.05) is 31.2 Å². The van der Waals surface area contributed by atoms with Crippen molar-refractivity contribution >= 4 is 0 Å². The van der Waals surface area contributed by atoms with Gasteiger partial charge in [-0.05, 0) is 55.2 Å². The molecule has 0 saturated heterocycles. The van der Waals surface area contributed by atoms with Crippen LogP contribution in [0.5, 0.6) is 0 Å². The van der Waals surface area contributed by atoms with Crippen molar-refractivity contribution in [2.24, 2.45) is 12.8 Å². The number of fused-ring (bicyclic) bond motifs is 1. The monoisotopic (exact) mass is 283 g/mol. The summed E-state index contributed by atoms with van der Waals surface area (Å²) in [5.74, 6) is 0.588. The van der Waals surface area contributed by atoms with Gasteiger partial charge in [-0.2, -0.15) is 5.10 Å². The third-order valence-electron chi connectivity index (χ3n) is 4.74. The molecule has 1 aromatic carbocycles. The van der Waals surface area contributed by atoms with Gasteiger partial charge in [0, 0.05) is 13.1 Å². The van der Waals surface area contributed by atoms with Gasteiger partial charge in [0.25, 0.3) is 0 Å². The van der Waals surface area contributed by atoms with Gasteiger partial charge in [0.2, 0.25) is 0 Å². The minimum Gasteiger partial charge on any atom is -0.323 e. The van der Waals surface area contributed by atoms with Gasteiger partial charge >= 0.3 is 0 Å². The third kappa shape index (κ3) is 2.88. The Bertz CT molecular complexity index is 615. The van der Waals surface area contributed by atoms with E-state index < -0.39 is 0 Å². The Morgan fingerprint density at radius 1 is 1.38 bits per heavy atom. The lowest BCUT2D eigenvalue weighted by Gasteiger charge is -2.27. The summed E-state index contributed by atoms with van der Waals surface area (Å²) in [5, 5.41) is 4.52. The molecule has 1 aromatic heterocycles. The Kier molecular flexibility index (Phi) is 4.11. The Morgan fingerprint density at radius 2 is 2.19 bits per heavy atom. The fourth-order valence-electron chi connectivity index (χ4n) is 3.59. The summed E-state index contributed by atoms with van der Waals surface area (Å²) in [6, 6.07) is 11.1. The molecule has 0 spiro atoms. The quantitative estimate of drug-likeness (QED) is 0.933. The van der Waals surface area contributed by atoms with Gasteiger partial charge in [-0.25, -0.2) is 0 Å². The van der Waals surface area contributed by atoms with E-state index in [2.05, 4.69) is 42.4 Å². The summed E-state index contributed by atoms with van der Waals surface area (Å²) in [6.07, 6.45) is 5.73. The topological polar surface area (TPSA) is 43.8 Å². The number of aryl methyl sites for hydroxylation is 3. The summed E-state index contributed by atoms with van der Waals surface area (Å²) in [5.41, 5.74) is 11.8. The number of benzene rings is 1. The van der Waals surface area contributed by atoms with Crippen LogP contribution in [-0.4, -0.2) is 9.78 Å². The summed E-state index contributed by atoms with van der Waals surface area (Å²) in [7, 11) is 2.00. The summed E-state index contributed by atoms with van der Waals surface area (Å²) in [6.45, 7) is 2.13. The molecule has 2 N–H and O–H groups in total. The summed E-state index contributed by atoms with van der Waals surface area (Å²) < 4.78 is 1.96. The van der Waals surface area contributed by atoms with Crippen molar-refractivity contribution in [1.82, 2.24) is 9.78 Å². The number of hydrogen-bond acceptors (Lipinski definition) is 2. The molecule has 0 bridgehead atoms. The van der Waals surface area contributed by atoms with Crippen molar-refractivity contribution in [3.8, 4) is 0 Å². The lowest BCUT2D eigenvalue weighted by atomic mass is 9.79. The maximum Gasteiger partial charge on any atom is 0.0625 e. The first-order valence-electron chi connectivity index (χ1n) is 8.05. The average Bonchev–Trinajstić information content (AvgIpc) is 2.89. The van der Waals surface area contributed by atoms with E-state index >= 15 is 0 Å². The second-order valence-corrected chi connectivity index (χ2v) is 6.17. The number of rotatable bonds is 4. The van der Waals surface area contributed by atoms with Gasteiger partial charge in [-0.15, -0.1) is 0 Å². The summed E-state index contributed by atoms with van der Waals surface area (Å²) >= 11 is 0. The van der Waals surface area contributed by atoms with Gasteiger partial charge in [0.15, 0.2) is 0 Å². The highest BCUT2D eigenvalue weighted by Gasteiger charge is 2.23. The zero-order chi connectivity index (χ0) is 14.8. The van der Waals surface area contributed by atoms with E-state index in [0.717, 1.165) is 24.2 Å². The van der Waals surface area contributed by atoms with E-state index in [9.17, 15) is 0 Å². The molecular weight excluding hydrogens is 258 g/mol. The molecular formula is C18H25N3. The van der Waals surface area contributed by atoms with Crippen molar-refractivity contribution in [3.63, 3.8) is 0 Å². The van der Waals surface area contributed by atoms with Gasteiger partial charge in [-0.3, -0.25) is 4.68 Å². The number of nitrogens with two attached hydrogens (primary N) is 1. The number of hydrogen-bond donors (Lipinski definition) is 1. The first-order chi connectivity index (χ1) is 10.2. The third-order valence-corrected chi connectivity index (χ3v) is 4.74. The van der Waals surface area contributed by atoms with E-state index in [1.54, 1.807) is 0 Å². The molecule has 2 atom stereocenters. The van der Waals surface area contributed by atoms with Crippen LogP contribution in [0.2, 0.25) is 0 Å². The van der Waals surface area contributed by atoms with E-state index in [0.29, 0.717) is 5.92 Å². The molecule has 3 heteroatoms. The Hall–Kier alpha value is -1.61. The molecule has 3 nitrogen and oxygen atoms in total. The van der Waals surface area contributed by atoms with Crippen molar-refractivity contribution < 1.29 is 0 Å². The van der Waals surface area contributed by atoms with Crippen molar-refractivity contribution in [3.05, 3.63) is 52.8 Å². The normalized spacial score (nSPS) is 19.3. The minimum absolute atomic E-state index is 0.0685. The molecule has 2 unspecified atom stereocenters. The predicted octanol–water partition coefficient (Wildman–Crippen LogP) is 3.49. The highest BCUT2D eigenvalue weighted by molar-refractivity contribution is 5.33. The lowest BCUT2D eigenvalue weighted by Crippen LogP contribution is -2.20. The molecule has 112 valence electrons. The highest BCUT2D eigenvalue weighted by Crippen LogP contribution is 2.37. The van der Waals surface area contributed by atoms with Crippen LogP contribution in [0.15, 0.2) is 30.3 Å². The second kappa shape index (κ2) is 6.02. The SMILES string of the molecule is CCc1cc(C(N)CC2CCCc3ccccc32)n(C)n1. The highest BCUT2D eigenvalue weighted by atomic mass is 15.3. The van der Waals surface area contributed by atoms with E-state index in [4.69, 9.17) is 5.73 Å². The molecule has 0 amide bonds. The average molecular weight is 283 g/mol. The van der Waals surface area contributed by atoms with E-state index in [1.165, 1.54) is 30.4 Å². The maximum absolute atomic E-state index is 6.49. The molecule has 21 heavy (non-hydrogen) atoms. The first kappa shape index (κ1) is 14.3. The van der Waals surface area contributed by atoms with E-state index in [-0.39, 0.29) is 6.04 Å². The van der Waals surface area contributed by atoms with Gasteiger partial charge < -0.3 is 5.73 Å². The van der Waals surface area contributed by atoms with Crippen molar-refractivity contribution in [2.75, 3.05) is 0 Å². The van der Waals surface area contributed by atoms with Crippen LogP contribution in [0.1, 0.15) is 60.7 Å². The van der Waals surface area contributed by atoms with Crippen molar-refractivity contribution in [1.29, 1.82) is 0 Å². The predicted molar refractivity (Wildman–Crippen MR) is 86.3 cm³/mol. The maximum atomic E-state index is 6.49. The molecule has 0 radical (unpaired) electrons. The van der Waals surface area contributed by atoms with Crippen LogP contribution in [0.3, 0.4) is 0 Å². The zero-order valence-corrected chi connectivity index (χ0v) is 13.0. The largest absolute Gasteiger partial charge is 0.323 e. The van der Waals surface area contributed by atoms with Gasteiger partial charge in [0.05, 0.1) is 11.4 Å². The van der Waals surface area contributed by atoms with Crippen LogP contribution >= 0.6 is 0 Å². The van der Waals surface area contributed by atoms with E-state index in [1.807, 2.05) is 11.7 Å². The molecule has 1 aliphatic rings. The Labute approximate surface area is 127 Å². The van der Waals surface area contributed by atoms with Crippen LogP contribution in [0, 0.1) is 0 Å². The molecule has 1 heterocycles. The fraction of sp³-hybridized carbons (Fsp3) is 0.500. The number of nitrogens with zero attached hydrogens (tertiary/aromatic N) is 2.